The Labute approximate surface area is 231 Å². The largest absolute Gasteiger partial charge is 0.401 e. The van der Waals surface area contributed by atoms with E-state index in [1.165, 1.54) is 11.8 Å². The molecule has 3 aliphatic rings. The minimum Gasteiger partial charge on any atom is -0.350 e. The molecule has 2 aromatic heterocycles. The summed E-state index contributed by atoms with van der Waals surface area (Å²) in [4.78, 5) is 24.2. The van der Waals surface area contributed by atoms with Crippen LogP contribution in [-0.4, -0.2) is 50.9 Å². The van der Waals surface area contributed by atoms with E-state index in [-0.39, 0.29) is 35.5 Å². The molecule has 7 nitrogen and oxygen atoms in total. The molecule has 6 rings (SSSR count). The summed E-state index contributed by atoms with van der Waals surface area (Å²) >= 11 is 1.28. The molecule has 212 valence electrons. The predicted octanol–water partition coefficient (Wildman–Crippen LogP) is 6.92. The Hall–Kier alpha value is -3.15. The van der Waals surface area contributed by atoms with Gasteiger partial charge in [-0.1, -0.05) is 19.6 Å². The van der Waals surface area contributed by atoms with Crippen LogP contribution in [-0.2, 0) is 11.2 Å². The second-order valence-corrected chi connectivity index (χ2v) is 11.6. The average Bonchev–Trinajstić information content (AvgIpc) is 3.75. The summed E-state index contributed by atoms with van der Waals surface area (Å²) in [6.45, 7) is 2.47. The number of H-pyrrole nitrogens is 1. The van der Waals surface area contributed by atoms with Crippen molar-refractivity contribution in [3.63, 3.8) is 0 Å². The highest BCUT2D eigenvalue weighted by molar-refractivity contribution is 7.99. The monoisotopic (exact) mass is 566 g/mol. The lowest BCUT2D eigenvalue weighted by molar-refractivity contribution is -0.190. The summed E-state index contributed by atoms with van der Waals surface area (Å²) in [6.07, 6.45) is -3.16. The zero-order valence-corrected chi connectivity index (χ0v) is 21.4. The van der Waals surface area contributed by atoms with Crippen molar-refractivity contribution >= 4 is 35.0 Å². The first kappa shape index (κ1) is 27.4. The van der Waals surface area contributed by atoms with Crippen LogP contribution in [0, 0.1) is 18.3 Å². The first-order valence-corrected chi connectivity index (χ1v) is 13.3. The van der Waals surface area contributed by atoms with Gasteiger partial charge in [-0.15, -0.1) is 0 Å². The lowest BCUT2D eigenvalue weighted by Gasteiger charge is -2.45. The van der Waals surface area contributed by atoms with Gasteiger partial charge in [-0.2, -0.15) is 18.3 Å². The molecule has 0 amide bonds. The second-order valence-electron chi connectivity index (χ2n) is 10.5. The number of Topliss-reactive ketones (excluding diaryl/α,β-unsaturated/α-hetero) is 1. The average molecular weight is 567 g/mol. The zero-order valence-electron chi connectivity index (χ0n) is 20.6. The molecule has 0 spiro atoms. The highest BCUT2D eigenvalue weighted by atomic mass is 32.2. The number of benzene rings is 1. The molecule has 2 saturated carbocycles. The van der Waals surface area contributed by atoms with Gasteiger partial charge >= 0.3 is 6.18 Å². The maximum absolute atomic E-state index is 15.0. The number of nitrogens with zero attached hydrogens (tertiary/aromatic N) is 4. The quantitative estimate of drug-likeness (QED) is 0.215. The van der Waals surface area contributed by atoms with Gasteiger partial charge in [0, 0.05) is 32.0 Å². The maximum atomic E-state index is 15.0. The number of carbonyl (C=O) groups excluding carboxylic acids is 1. The van der Waals surface area contributed by atoms with Crippen LogP contribution in [0.1, 0.15) is 47.2 Å². The first-order chi connectivity index (χ1) is 18.0. The van der Waals surface area contributed by atoms with Crippen molar-refractivity contribution in [1.82, 2.24) is 20.2 Å². The normalized spacial score (nSPS) is 19.2. The number of rotatable bonds is 9. The van der Waals surface area contributed by atoms with E-state index in [2.05, 4.69) is 25.5 Å². The number of hydrogen-bond acceptors (Lipinski definition) is 7. The molecular weight excluding hydrogens is 532 g/mol. The number of alkyl halides is 4. The first-order valence-electron chi connectivity index (χ1n) is 12.5. The molecule has 1 saturated heterocycles. The molecule has 0 bridgehead atoms. The molecule has 12 heteroatoms. The van der Waals surface area contributed by atoms with E-state index in [0.717, 1.165) is 23.4 Å². The van der Waals surface area contributed by atoms with Gasteiger partial charge in [0.05, 0.1) is 13.1 Å². The standard InChI is InChI=1S/C26H26F4N6OS.CH4.2H2/c1-15-10-21(35-34-15)31-20-12-22(36-13-25(27,14-36)17-4-5-17)33-23(32-20)38-18-6-2-16(3-7-18)11-19(37)24(8-9-24)26(28,29)30;;;/h2-3,6-7,10,12,17H,4-5,8-9,11,13-14H2,1H3,(H2,31,32,33,34,35);1H4;2*1H. The highest BCUT2D eigenvalue weighted by Gasteiger charge is 2.67. The van der Waals surface area contributed by atoms with E-state index in [4.69, 9.17) is 0 Å². The van der Waals surface area contributed by atoms with Gasteiger partial charge < -0.3 is 10.2 Å². The fraction of sp³-hybridized carbons (Fsp3) is 0.481. The topological polar surface area (TPSA) is 86.8 Å². The molecule has 39 heavy (non-hydrogen) atoms. The molecule has 1 aromatic carbocycles. The second kappa shape index (κ2) is 9.79. The third-order valence-electron chi connectivity index (χ3n) is 7.52. The Bertz CT molecular complexity index is 1370. The van der Waals surface area contributed by atoms with Crippen molar-refractivity contribution in [3.05, 3.63) is 47.7 Å². The van der Waals surface area contributed by atoms with E-state index in [1.807, 2.05) is 17.9 Å². The lowest BCUT2D eigenvalue weighted by Crippen LogP contribution is -2.60. The zero-order chi connectivity index (χ0) is 26.7. The van der Waals surface area contributed by atoms with Gasteiger partial charge in [0.1, 0.15) is 22.7 Å². The molecule has 2 aliphatic carbocycles. The molecule has 1 aliphatic heterocycles. The van der Waals surface area contributed by atoms with E-state index in [0.29, 0.717) is 41.3 Å². The van der Waals surface area contributed by atoms with E-state index in [9.17, 15) is 22.4 Å². The van der Waals surface area contributed by atoms with Gasteiger partial charge in [-0.05, 0) is 68.0 Å². The molecule has 3 fully saturated rings. The number of carbonyl (C=O) groups is 1. The van der Waals surface area contributed by atoms with Crippen LogP contribution in [0.3, 0.4) is 0 Å². The number of halogens is 4. The van der Waals surface area contributed by atoms with Crippen molar-refractivity contribution in [2.24, 2.45) is 11.3 Å². The summed E-state index contributed by atoms with van der Waals surface area (Å²) in [6, 6.07) is 10.4. The highest BCUT2D eigenvalue weighted by Crippen LogP contribution is 2.58. The number of anilines is 3. The summed E-state index contributed by atoms with van der Waals surface area (Å²) in [5.74, 6) is 1.06. The van der Waals surface area contributed by atoms with Crippen LogP contribution in [0.2, 0.25) is 0 Å². The summed E-state index contributed by atoms with van der Waals surface area (Å²) in [5.41, 5.74) is -1.92. The van der Waals surface area contributed by atoms with Gasteiger partial charge in [-0.25, -0.2) is 14.4 Å². The van der Waals surface area contributed by atoms with Gasteiger partial charge in [0.15, 0.2) is 16.8 Å². The van der Waals surface area contributed by atoms with E-state index < -0.39 is 23.0 Å². The Morgan fingerprint density at radius 3 is 2.41 bits per heavy atom. The Morgan fingerprint density at radius 1 is 1.15 bits per heavy atom. The maximum Gasteiger partial charge on any atom is 0.401 e. The number of hydrogen-bond donors (Lipinski definition) is 2. The Kier molecular flexibility index (Phi) is 6.89. The van der Waals surface area contributed by atoms with Crippen molar-refractivity contribution in [1.29, 1.82) is 0 Å². The third-order valence-corrected chi connectivity index (χ3v) is 8.39. The SMILES string of the molecule is C.Cc1cc(Nc2cc(N3CC(F)(C4CC4)C3)nc(Sc3ccc(CC(=O)C4(C(F)(F)F)CC4)cc3)n2)n[nH]1.[HH].[HH]. The van der Waals surface area contributed by atoms with Crippen LogP contribution in [0.5, 0.6) is 0 Å². The van der Waals surface area contributed by atoms with Crippen LogP contribution in [0.15, 0.2) is 46.5 Å². The molecular formula is C27H34F4N6OS. The summed E-state index contributed by atoms with van der Waals surface area (Å²) in [5, 5.41) is 10.6. The molecule has 0 radical (unpaired) electrons. The van der Waals surface area contributed by atoms with E-state index in [1.54, 1.807) is 30.3 Å². The fourth-order valence-corrected chi connectivity index (χ4v) is 5.65. The number of aryl methyl sites for hydroxylation is 1. The molecule has 3 heterocycles. The number of aromatic amines is 1. The minimum atomic E-state index is -4.50. The summed E-state index contributed by atoms with van der Waals surface area (Å²) in [7, 11) is 0. The van der Waals surface area contributed by atoms with Crippen molar-refractivity contribution in [2.75, 3.05) is 23.3 Å². The predicted molar refractivity (Wildman–Crippen MR) is 145 cm³/mol. The molecule has 3 aromatic rings. The molecule has 0 atom stereocenters. The van der Waals surface area contributed by atoms with Gasteiger partial charge in [0.2, 0.25) is 0 Å². The van der Waals surface area contributed by atoms with Gasteiger partial charge in [0.25, 0.3) is 0 Å². The lowest BCUT2D eigenvalue weighted by atomic mass is 9.91. The smallest absolute Gasteiger partial charge is 0.350 e. The van der Waals surface area contributed by atoms with E-state index >= 15 is 0 Å². The molecule has 0 unspecified atom stereocenters. The number of nitrogens with one attached hydrogen (secondary N) is 2. The molecule has 2 N–H and O–H groups in total. The van der Waals surface area contributed by atoms with Crippen molar-refractivity contribution in [3.8, 4) is 0 Å². The van der Waals surface area contributed by atoms with Crippen LogP contribution in [0.4, 0.5) is 35.0 Å². The fourth-order valence-electron chi connectivity index (χ4n) is 4.89. The number of aromatic nitrogens is 4. The Balaban J connectivity index is 0.00000154. The van der Waals surface area contributed by atoms with Crippen molar-refractivity contribution < 1.29 is 25.2 Å². The Morgan fingerprint density at radius 2 is 1.85 bits per heavy atom. The third kappa shape index (κ3) is 5.48. The van der Waals surface area contributed by atoms with Crippen LogP contribution < -0.4 is 10.2 Å². The van der Waals surface area contributed by atoms with Crippen LogP contribution >= 0.6 is 11.8 Å². The minimum absolute atomic E-state index is 0. The van der Waals surface area contributed by atoms with Gasteiger partial charge in [-0.3, -0.25) is 9.89 Å². The number of ketones is 1. The summed E-state index contributed by atoms with van der Waals surface area (Å²) < 4.78 is 54.8. The van der Waals surface area contributed by atoms with Crippen LogP contribution in [0.25, 0.3) is 0 Å². The van der Waals surface area contributed by atoms with Crippen molar-refractivity contribution in [2.45, 2.75) is 68.4 Å².